The van der Waals surface area contributed by atoms with Crippen molar-refractivity contribution in [2.24, 2.45) is 0 Å². The number of hydrogen-bond acceptors (Lipinski definition) is 6. The van der Waals surface area contributed by atoms with E-state index >= 15 is 0 Å². The normalized spacial score (nSPS) is 12.0. The first-order valence-corrected chi connectivity index (χ1v) is 14.5. The lowest BCUT2D eigenvalue weighted by Gasteiger charge is -2.31. The minimum atomic E-state index is -0.893. The van der Waals surface area contributed by atoms with Gasteiger partial charge in [-0.3, -0.25) is 4.79 Å². The average Bonchev–Trinajstić information content (AvgIpc) is 2.96. The standard InChI is InChI=1S/C34H44N2O6/c1-6-39-31(40-7-2)24-36(23-27-14-10-8-11-15-27)32(37)30(35-33(38)41-25-28-16-12-9-13-17-28)22-26-18-20-29(21-19-26)42-34(3,4)5/h8-21,30-31H,6-7,22-25H2,1-5H3,(H,35,38)/t30-/m0/s1. The van der Waals surface area contributed by atoms with Crippen molar-refractivity contribution in [3.63, 3.8) is 0 Å². The van der Waals surface area contributed by atoms with Crippen LogP contribution in [0.15, 0.2) is 84.9 Å². The van der Waals surface area contributed by atoms with Crippen LogP contribution in [0, 0.1) is 0 Å². The molecule has 0 fully saturated rings. The summed E-state index contributed by atoms with van der Waals surface area (Å²) in [7, 11) is 0. The van der Waals surface area contributed by atoms with Gasteiger partial charge in [0.1, 0.15) is 24.0 Å². The number of nitrogens with zero attached hydrogens (tertiary/aromatic N) is 1. The number of hydrogen-bond donors (Lipinski definition) is 1. The first kappa shape index (κ1) is 32.6. The summed E-state index contributed by atoms with van der Waals surface area (Å²) in [5.74, 6) is 0.460. The van der Waals surface area contributed by atoms with Crippen molar-refractivity contribution >= 4 is 12.0 Å². The van der Waals surface area contributed by atoms with Crippen LogP contribution in [0.5, 0.6) is 5.75 Å². The molecule has 8 heteroatoms. The molecule has 0 bridgehead atoms. The van der Waals surface area contributed by atoms with Gasteiger partial charge in [-0.05, 0) is 63.4 Å². The van der Waals surface area contributed by atoms with Crippen LogP contribution in [0.2, 0.25) is 0 Å². The summed E-state index contributed by atoms with van der Waals surface area (Å²) in [6.07, 6.45) is -1.02. The highest BCUT2D eigenvalue weighted by Crippen LogP contribution is 2.20. The van der Waals surface area contributed by atoms with Crippen molar-refractivity contribution < 1.29 is 28.5 Å². The van der Waals surface area contributed by atoms with Gasteiger partial charge in [0.25, 0.3) is 0 Å². The van der Waals surface area contributed by atoms with Crippen LogP contribution in [0.1, 0.15) is 51.3 Å². The van der Waals surface area contributed by atoms with Gasteiger partial charge in [-0.1, -0.05) is 72.8 Å². The van der Waals surface area contributed by atoms with E-state index in [1.54, 1.807) is 4.90 Å². The van der Waals surface area contributed by atoms with Crippen molar-refractivity contribution in [1.82, 2.24) is 10.2 Å². The Hall–Kier alpha value is -3.88. The van der Waals surface area contributed by atoms with Crippen LogP contribution in [-0.4, -0.2) is 54.6 Å². The molecule has 0 aliphatic carbocycles. The molecule has 8 nitrogen and oxygen atoms in total. The Balaban J connectivity index is 1.85. The van der Waals surface area contributed by atoms with Crippen LogP contribution in [0.25, 0.3) is 0 Å². The summed E-state index contributed by atoms with van der Waals surface area (Å²) < 4.78 is 23.0. The molecule has 226 valence electrons. The maximum absolute atomic E-state index is 14.2. The molecule has 1 atom stereocenters. The van der Waals surface area contributed by atoms with Gasteiger partial charge in [-0.25, -0.2) is 4.79 Å². The van der Waals surface area contributed by atoms with E-state index in [9.17, 15) is 9.59 Å². The molecule has 0 unspecified atom stereocenters. The molecule has 1 N–H and O–H groups in total. The molecule has 3 rings (SSSR count). The van der Waals surface area contributed by atoms with Gasteiger partial charge >= 0.3 is 6.09 Å². The third kappa shape index (κ3) is 11.5. The molecular weight excluding hydrogens is 532 g/mol. The number of nitrogens with one attached hydrogen (secondary N) is 1. The maximum Gasteiger partial charge on any atom is 0.408 e. The Morgan fingerprint density at radius 1 is 0.786 bits per heavy atom. The van der Waals surface area contributed by atoms with Crippen molar-refractivity contribution in [2.75, 3.05) is 19.8 Å². The molecule has 0 saturated carbocycles. The SMILES string of the molecule is CCOC(CN(Cc1ccccc1)C(=O)[C@H](Cc1ccc(OC(C)(C)C)cc1)NC(=O)OCc1ccccc1)OCC. The zero-order chi connectivity index (χ0) is 30.4. The molecule has 3 aromatic rings. The molecule has 0 aliphatic heterocycles. The average molecular weight is 577 g/mol. The highest BCUT2D eigenvalue weighted by Gasteiger charge is 2.29. The fourth-order valence-electron chi connectivity index (χ4n) is 4.35. The monoisotopic (exact) mass is 576 g/mol. The van der Waals surface area contributed by atoms with Crippen molar-refractivity contribution in [1.29, 1.82) is 0 Å². The second-order valence-corrected chi connectivity index (χ2v) is 10.9. The van der Waals surface area contributed by atoms with E-state index in [2.05, 4.69) is 5.32 Å². The second kappa shape index (κ2) is 16.5. The largest absolute Gasteiger partial charge is 0.488 e. The molecule has 0 spiro atoms. The number of carbonyl (C=O) groups excluding carboxylic acids is 2. The number of alkyl carbamates (subject to hydrolysis) is 1. The Bertz CT molecular complexity index is 1210. The summed E-state index contributed by atoms with van der Waals surface area (Å²) in [4.78, 5) is 28.8. The Labute approximate surface area is 249 Å². The second-order valence-electron chi connectivity index (χ2n) is 10.9. The molecular formula is C34H44N2O6. The van der Waals surface area contributed by atoms with Gasteiger partial charge in [-0.2, -0.15) is 0 Å². The third-order valence-electron chi connectivity index (χ3n) is 6.19. The van der Waals surface area contributed by atoms with Crippen LogP contribution < -0.4 is 10.1 Å². The fraction of sp³-hybridized carbons (Fsp3) is 0.412. The van der Waals surface area contributed by atoms with Crippen molar-refractivity contribution in [2.45, 2.75) is 72.1 Å². The zero-order valence-electron chi connectivity index (χ0n) is 25.4. The molecule has 0 aliphatic rings. The number of carbonyl (C=O) groups is 2. The molecule has 0 aromatic heterocycles. The summed E-state index contributed by atoms with van der Waals surface area (Å²) >= 11 is 0. The zero-order valence-corrected chi connectivity index (χ0v) is 25.4. The van der Waals surface area contributed by atoms with E-state index < -0.39 is 18.4 Å². The third-order valence-corrected chi connectivity index (χ3v) is 6.19. The summed E-state index contributed by atoms with van der Waals surface area (Å²) in [6.45, 7) is 11.2. The Morgan fingerprint density at radius 2 is 1.36 bits per heavy atom. The molecule has 0 radical (unpaired) electrons. The molecule has 0 heterocycles. The summed E-state index contributed by atoms with van der Waals surface area (Å²) in [6, 6.07) is 25.8. The lowest BCUT2D eigenvalue weighted by atomic mass is 10.0. The first-order valence-electron chi connectivity index (χ1n) is 14.5. The summed E-state index contributed by atoms with van der Waals surface area (Å²) in [5.41, 5.74) is 2.34. The minimum Gasteiger partial charge on any atom is -0.488 e. The summed E-state index contributed by atoms with van der Waals surface area (Å²) in [5, 5.41) is 2.83. The highest BCUT2D eigenvalue weighted by atomic mass is 16.7. The van der Waals surface area contributed by atoms with Gasteiger partial charge < -0.3 is 29.2 Å². The van der Waals surface area contributed by atoms with Gasteiger partial charge in [-0.15, -0.1) is 0 Å². The molecule has 0 saturated heterocycles. The van der Waals surface area contributed by atoms with Crippen molar-refractivity contribution in [3.8, 4) is 5.75 Å². The molecule has 42 heavy (non-hydrogen) atoms. The number of amides is 2. The van der Waals surface area contributed by atoms with E-state index in [1.807, 2.05) is 120 Å². The number of rotatable bonds is 15. The minimum absolute atomic E-state index is 0.0942. The lowest BCUT2D eigenvalue weighted by molar-refractivity contribution is -0.160. The highest BCUT2D eigenvalue weighted by molar-refractivity contribution is 5.86. The predicted molar refractivity (Wildman–Crippen MR) is 163 cm³/mol. The molecule has 2 amide bonds. The number of ether oxygens (including phenoxy) is 4. The first-order chi connectivity index (χ1) is 20.2. The van der Waals surface area contributed by atoms with E-state index in [-0.39, 0.29) is 31.1 Å². The van der Waals surface area contributed by atoms with Gasteiger partial charge in [0.2, 0.25) is 5.91 Å². The van der Waals surface area contributed by atoms with E-state index in [4.69, 9.17) is 18.9 Å². The lowest BCUT2D eigenvalue weighted by Crippen LogP contribution is -2.51. The quantitative estimate of drug-likeness (QED) is 0.219. The topological polar surface area (TPSA) is 86.3 Å². The predicted octanol–water partition coefficient (Wildman–Crippen LogP) is 6.13. The van der Waals surface area contributed by atoms with Gasteiger partial charge in [0, 0.05) is 26.2 Å². The number of benzene rings is 3. The Kier molecular flexibility index (Phi) is 12.8. The van der Waals surface area contributed by atoms with Crippen LogP contribution in [0.3, 0.4) is 0 Å². The Morgan fingerprint density at radius 3 is 1.90 bits per heavy atom. The van der Waals surface area contributed by atoms with E-state index in [1.165, 1.54) is 0 Å². The van der Waals surface area contributed by atoms with E-state index in [0.29, 0.717) is 19.8 Å². The van der Waals surface area contributed by atoms with Crippen LogP contribution in [-0.2, 0) is 38.6 Å². The van der Waals surface area contributed by atoms with Crippen LogP contribution in [0.4, 0.5) is 4.79 Å². The van der Waals surface area contributed by atoms with E-state index in [0.717, 1.165) is 22.4 Å². The van der Waals surface area contributed by atoms with Gasteiger partial charge in [0.05, 0.1) is 6.54 Å². The van der Waals surface area contributed by atoms with Crippen molar-refractivity contribution in [3.05, 3.63) is 102 Å². The van der Waals surface area contributed by atoms with Crippen LogP contribution >= 0.6 is 0 Å². The fourth-order valence-corrected chi connectivity index (χ4v) is 4.35. The maximum atomic E-state index is 14.2. The van der Waals surface area contributed by atoms with Gasteiger partial charge in [0.15, 0.2) is 6.29 Å². The smallest absolute Gasteiger partial charge is 0.408 e. The molecule has 3 aromatic carbocycles.